The average Bonchev–Trinajstić information content (AvgIpc) is 3.12. The third-order valence-electron chi connectivity index (χ3n) is 3.86. The molecular formula is C17H22N2O. The fraction of sp³-hybridized carbons (Fsp3) is 0.471. The number of aromatic nitrogens is 1. The molecule has 3 rings (SSSR count). The lowest BCUT2D eigenvalue weighted by Crippen LogP contribution is -2.40. The molecule has 1 saturated carbocycles. The number of aromatic amines is 1. The van der Waals surface area contributed by atoms with Gasteiger partial charge in [0.05, 0.1) is 0 Å². The Morgan fingerprint density at radius 3 is 2.70 bits per heavy atom. The number of nitrogens with one attached hydrogen (secondary N) is 1. The van der Waals surface area contributed by atoms with Crippen LogP contribution in [0.15, 0.2) is 30.5 Å². The largest absolute Gasteiger partial charge is 0.361 e. The van der Waals surface area contributed by atoms with E-state index in [4.69, 9.17) is 0 Å². The molecule has 106 valence electrons. The molecule has 0 spiro atoms. The molecule has 3 nitrogen and oxygen atoms in total. The molecule has 3 heteroatoms. The quantitative estimate of drug-likeness (QED) is 0.907. The van der Waals surface area contributed by atoms with Gasteiger partial charge in [-0.25, -0.2) is 0 Å². The normalized spacial score (nSPS) is 15.6. The van der Waals surface area contributed by atoms with Crippen LogP contribution >= 0.6 is 0 Å². The van der Waals surface area contributed by atoms with Gasteiger partial charge >= 0.3 is 0 Å². The lowest BCUT2D eigenvalue weighted by molar-refractivity contribution is -0.140. The van der Waals surface area contributed by atoms with Crippen molar-refractivity contribution in [2.75, 3.05) is 0 Å². The van der Waals surface area contributed by atoms with Crippen LogP contribution < -0.4 is 0 Å². The van der Waals surface area contributed by atoms with E-state index in [0.717, 1.165) is 24.9 Å². The van der Waals surface area contributed by atoms with E-state index in [9.17, 15) is 4.79 Å². The van der Waals surface area contributed by atoms with Crippen molar-refractivity contribution < 1.29 is 4.79 Å². The van der Waals surface area contributed by atoms with Gasteiger partial charge in [-0.1, -0.05) is 32.9 Å². The molecule has 1 aliphatic rings. The summed E-state index contributed by atoms with van der Waals surface area (Å²) in [5.41, 5.74) is 2.03. The van der Waals surface area contributed by atoms with E-state index < -0.39 is 0 Å². The summed E-state index contributed by atoms with van der Waals surface area (Å²) >= 11 is 0. The summed E-state index contributed by atoms with van der Waals surface area (Å²) in [5, 5.41) is 1.22. The number of benzene rings is 1. The van der Waals surface area contributed by atoms with Gasteiger partial charge in [-0.3, -0.25) is 4.79 Å². The summed E-state index contributed by atoms with van der Waals surface area (Å²) in [7, 11) is 0. The average molecular weight is 270 g/mol. The summed E-state index contributed by atoms with van der Waals surface area (Å²) < 4.78 is 0. The SMILES string of the molecule is CC(C)(C)C(=O)N(Cc1ccc2cc[nH]c2c1)C1CC1. The Balaban J connectivity index is 1.84. The summed E-state index contributed by atoms with van der Waals surface area (Å²) in [6, 6.07) is 8.91. The monoisotopic (exact) mass is 270 g/mol. The molecular weight excluding hydrogens is 248 g/mol. The zero-order valence-electron chi connectivity index (χ0n) is 12.4. The van der Waals surface area contributed by atoms with E-state index in [1.807, 2.05) is 27.0 Å². The van der Waals surface area contributed by atoms with Crippen LogP contribution in [0.1, 0.15) is 39.2 Å². The molecule has 0 saturated heterocycles. The van der Waals surface area contributed by atoms with Gasteiger partial charge in [0.2, 0.25) is 5.91 Å². The van der Waals surface area contributed by atoms with Crippen LogP contribution in [0.4, 0.5) is 0 Å². The number of nitrogens with zero attached hydrogens (tertiary/aromatic N) is 1. The van der Waals surface area contributed by atoms with Crippen LogP contribution in [-0.4, -0.2) is 21.8 Å². The first-order valence-electron chi connectivity index (χ1n) is 7.32. The summed E-state index contributed by atoms with van der Waals surface area (Å²) in [6.45, 7) is 6.71. The first kappa shape index (κ1) is 13.2. The van der Waals surface area contributed by atoms with Crippen molar-refractivity contribution in [3.63, 3.8) is 0 Å². The van der Waals surface area contributed by atoms with E-state index >= 15 is 0 Å². The first-order valence-corrected chi connectivity index (χ1v) is 7.32. The Morgan fingerprint density at radius 2 is 2.05 bits per heavy atom. The standard InChI is InChI=1S/C17H22N2O/c1-17(2,3)16(20)19(14-6-7-14)11-12-4-5-13-8-9-18-15(13)10-12/h4-5,8-10,14,18H,6-7,11H2,1-3H3. The van der Waals surface area contributed by atoms with Gasteiger partial charge in [-0.2, -0.15) is 0 Å². The molecule has 0 unspecified atom stereocenters. The fourth-order valence-electron chi connectivity index (χ4n) is 2.57. The predicted molar refractivity (Wildman–Crippen MR) is 81.3 cm³/mol. The van der Waals surface area contributed by atoms with Crippen molar-refractivity contribution in [1.29, 1.82) is 0 Å². The molecule has 1 N–H and O–H groups in total. The number of rotatable bonds is 3. The summed E-state index contributed by atoms with van der Waals surface area (Å²) in [5.74, 6) is 0.256. The molecule has 0 atom stereocenters. The van der Waals surface area contributed by atoms with E-state index in [-0.39, 0.29) is 11.3 Å². The van der Waals surface area contributed by atoms with Crippen LogP contribution in [0.5, 0.6) is 0 Å². The van der Waals surface area contributed by atoms with Gasteiger partial charge in [0.1, 0.15) is 0 Å². The fourth-order valence-corrected chi connectivity index (χ4v) is 2.57. The van der Waals surface area contributed by atoms with Crippen LogP contribution in [0.2, 0.25) is 0 Å². The third kappa shape index (κ3) is 2.58. The van der Waals surface area contributed by atoms with Crippen molar-refractivity contribution in [3.05, 3.63) is 36.0 Å². The second-order valence-corrected chi connectivity index (χ2v) is 6.81. The molecule has 0 radical (unpaired) electrons. The van der Waals surface area contributed by atoms with E-state index in [1.165, 1.54) is 10.9 Å². The highest BCUT2D eigenvalue weighted by Crippen LogP contribution is 2.32. The highest BCUT2D eigenvalue weighted by Gasteiger charge is 2.37. The Morgan fingerprint density at radius 1 is 1.30 bits per heavy atom. The van der Waals surface area contributed by atoms with Gasteiger partial charge in [0.15, 0.2) is 0 Å². The summed E-state index contributed by atoms with van der Waals surface area (Å²) in [6.07, 6.45) is 4.24. The number of hydrogen-bond donors (Lipinski definition) is 1. The zero-order chi connectivity index (χ0) is 14.3. The predicted octanol–water partition coefficient (Wildman–Crippen LogP) is 3.71. The number of hydrogen-bond acceptors (Lipinski definition) is 1. The van der Waals surface area contributed by atoms with Gasteiger partial charge < -0.3 is 9.88 Å². The first-order chi connectivity index (χ1) is 9.45. The van der Waals surface area contributed by atoms with E-state index in [0.29, 0.717) is 6.04 Å². The van der Waals surface area contributed by atoms with Crippen molar-refractivity contribution in [3.8, 4) is 0 Å². The number of amides is 1. The Labute approximate surface area is 120 Å². The zero-order valence-corrected chi connectivity index (χ0v) is 12.4. The minimum Gasteiger partial charge on any atom is -0.361 e. The third-order valence-corrected chi connectivity index (χ3v) is 3.86. The number of carbonyl (C=O) groups excluding carboxylic acids is 1. The maximum Gasteiger partial charge on any atom is 0.228 e. The smallest absolute Gasteiger partial charge is 0.228 e. The maximum absolute atomic E-state index is 12.6. The van der Waals surface area contributed by atoms with Gasteiger partial charge in [-0.05, 0) is 35.9 Å². The van der Waals surface area contributed by atoms with Crippen LogP contribution in [-0.2, 0) is 11.3 Å². The van der Waals surface area contributed by atoms with E-state index in [2.05, 4.69) is 34.1 Å². The maximum atomic E-state index is 12.6. The highest BCUT2D eigenvalue weighted by atomic mass is 16.2. The molecule has 0 aliphatic heterocycles. The second kappa shape index (κ2) is 4.65. The lowest BCUT2D eigenvalue weighted by Gasteiger charge is -2.29. The minimum absolute atomic E-state index is 0.256. The van der Waals surface area contributed by atoms with Gasteiger partial charge in [-0.15, -0.1) is 0 Å². The molecule has 1 heterocycles. The molecule has 1 aromatic carbocycles. The van der Waals surface area contributed by atoms with E-state index in [1.54, 1.807) is 0 Å². The molecule has 2 aromatic rings. The topological polar surface area (TPSA) is 36.1 Å². The minimum atomic E-state index is -0.306. The van der Waals surface area contributed by atoms with Crippen molar-refractivity contribution in [2.45, 2.75) is 46.2 Å². The highest BCUT2D eigenvalue weighted by molar-refractivity contribution is 5.83. The van der Waals surface area contributed by atoms with Gasteiger partial charge in [0.25, 0.3) is 0 Å². The molecule has 1 fully saturated rings. The van der Waals surface area contributed by atoms with Gasteiger partial charge in [0, 0.05) is 29.7 Å². The van der Waals surface area contributed by atoms with Crippen molar-refractivity contribution in [1.82, 2.24) is 9.88 Å². The Bertz CT molecular complexity index is 632. The lowest BCUT2D eigenvalue weighted by atomic mass is 9.94. The number of carbonyl (C=O) groups is 1. The summed E-state index contributed by atoms with van der Waals surface area (Å²) in [4.78, 5) is 17.9. The van der Waals surface area contributed by atoms with Crippen LogP contribution in [0.25, 0.3) is 10.9 Å². The van der Waals surface area contributed by atoms with Crippen LogP contribution in [0, 0.1) is 5.41 Å². The molecule has 0 bridgehead atoms. The van der Waals surface area contributed by atoms with Crippen LogP contribution in [0.3, 0.4) is 0 Å². The second-order valence-electron chi connectivity index (χ2n) is 6.81. The van der Waals surface area contributed by atoms with Crippen molar-refractivity contribution >= 4 is 16.8 Å². The molecule has 20 heavy (non-hydrogen) atoms. The molecule has 1 amide bonds. The molecule has 1 aromatic heterocycles. The number of fused-ring (bicyclic) bond motifs is 1. The van der Waals surface area contributed by atoms with Crippen molar-refractivity contribution in [2.24, 2.45) is 5.41 Å². The number of H-pyrrole nitrogens is 1. The Hall–Kier alpha value is -1.77. The Kier molecular flexibility index (Phi) is 3.08. The molecule has 1 aliphatic carbocycles.